The molecule has 9 heteroatoms. The van der Waals surface area contributed by atoms with Crippen molar-refractivity contribution in [1.29, 1.82) is 0 Å². The summed E-state index contributed by atoms with van der Waals surface area (Å²) >= 11 is 3.35. The summed E-state index contributed by atoms with van der Waals surface area (Å²) in [6.07, 6.45) is 2.01. The number of anilines is 1. The Balaban J connectivity index is 2.38. The predicted molar refractivity (Wildman–Crippen MR) is 140 cm³/mol. The molecule has 186 valence electrons. The van der Waals surface area contributed by atoms with E-state index in [4.69, 9.17) is 0 Å². The molecule has 0 fully saturated rings. The van der Waals surface area contributed by atoms with E-state index in [0.29, 0.717) is 23.0 Å². The number of rotatable bonds is 10. The molecular weight excluding hydrogens is 518 g/mol. The summed E-state index contributed by atoms with van der Waals surface area (Å²) in [6.45, 7) is 7.38. The van der Waals surface area contributed by atoms with E-state index in [-0.39, 0.29) is 12.5 Å². The lowest BCUT2D eigenvalue weighted by atomic mass is 10.1. The summed E-state index contributed by atoms with van der Waals surface area (Å²) in [5, 5.41) is 2.96. The number of benzene rings is 2. The molecule has 0 heterocycles. The van der Waals surface area contributed by atoms with Gasteiger partial charge >= 0.3 is 0 Å². The van der Waals surface area contributed by atoms with E-state index in [1.165, 1.54) is 4.90 Å². The molecule has 1 N–H and O–H groups in total. The van der Waals surface area contributed by atoms with Crippen LogP contribution in [0.2, 0.25) is 0 Å². The minimum absolute atomic E-state index is 0.259. The van der Waals surface area contributed by atoms with Gasteiger partial charge in [-0.3, -0.25) is 13.9 Å². The van der Waals surface area contributed by atoms with E-state index in [2.05, 4.69) is 21.2 Å². The van der Waals surface area contributed by atoms with Gasteiger partial charge in [0.15, 0.2) is 0 Å². The minimum atomic E-state index is -3.75. The van der Waals surface area contributed by atoms with Crippen molar-refractivity contribution in [3.63, 3.8) is 0 Å². The maximum atomic E-state index is 13.6. The molecule has 0 spiro atoms. The summed E-state index contributed by atoms with van der Waals surface area (Å²) in [4.78, 5) is 28.2. The predicted octanol–water partition coefficient (Wildman–Crippen LogP) is 3.98. The van der Waals surface area contributed by atoms with Crippen LogP contribution in [0, 0.1) is 0 Å². The normalized spacial score (nSPS) is 12.6. The van der Waals surface area contributed by atoms with Crippen LogP contribution in [0.5, 0.6) is 0 Å². The molecule has 0 saturated heterocycles. The number of sulfonamides is 1. The quantitative estimate of drug-likeness (QED) is 0.483. The molecule has 2 amide bonds. The zero-order chi connectivity index (χ0) is 25.5. The Morgan fingerprint density at radius 3 is 2.24 bits per heavy atom. The van der Waals surface area contributed by atoms with Gasteiger partial charge < -0.3 is 10.2 Å². The third-order valence-electron chi connectivity index (χ3n) is 5.14. The van der Waals surface area contributed by atoms with Crippen molar-refractivity contribution >= 4 is 43.5 Å². The van der Waals surface area contributed by atoms with Gasteiger partial charge in [-0.15, -0.1) is 0 Å². The molecule has 1 unspecified atom stereocenters. The number of carbonyl (C=O) groups is 2. The van der Waals surface area contributed by atoms with E-state index in [1.54, 1.807) is 24.3 Å². The number of hydrogen-bond acceptors (Lipinski definition) is 4. The highest BCUT2D eigenvalue weighted by atomic mass is 79.9. The number of nitrogens with one attached hydrogen (secondary N) is 1. The van der Waals surface area contributed by atoms with Crippen LogP contribution in [0.3, 0.4) is 0 Å². The molecule has 0 bridgehead atoms. The van der Waals surface area contributed by atoms with E-state index in [0.717, 1.165) is 16.1 Å². The molecule has 34 heavy (non-hydrogen) atoms. The molecule has 0 aliphatic carbocycles. The Kier molecular flexibility index (Phi) is 9.70. The Morgan fingerprint density at radius 1 is 1.06 bits per heavy atom. The Labute approximate surface area is 211 Å². The topological polar surface area (TPSA) is 86.8 Å². The number of hydrogen-bond donors (Lipinski definition) is 1. The molecule has 2 aromatic rings. The first-order valence-corrected chi connectivity index (χ1v) is 13.8. The minimum Gasteiger partial charge on any atom is -0.350 e. The molecule has 2 rings (SSSR count). The lowest BCUT2D eigenvalue weighted by Gasteiger charge is -2.34. The van der Waals surface area contributed by atoms with Crippen molar-refractivity contribution in [2.24, 2.45) is 0 Å². The van der Waals surface area contributed by atoms with Crippen LogP contribution < -0.4 is 9.62 Å². The SMILES string of the molecule is CCC(C(=O)NC(C)(C)C)N(CCc1ccccc1)C(=O)CN(c1cccc(Br)c1)S(C)(=O)=O. The Bertz CT molecular complexity index is 1080. The molecule has 0 aliphatic heterocycles. The molecule has 0 saturated carbocycles. The largest absolute Gasteiger partial charge is 0.350 e. The molecule has 0 aliphatic rings. The second-order valence-electron chi connectivity index (χ2n) is 9.24. The fourth-order valence-corrected chi connectivity index (χ4v) is 4.82. The van der Waals surface area contributed by atoms with Crippen LogP contribution >= 0.6 is 15.9 Å². The first-order valence-electron chi connectivity index (χ1n) is 11.2. The summed E-state index contributed by atoms with van der Waals surface area (Å²) in [5.41, 5.74) is 0.937. The standard InChI is InChI=1S/C25H34BrN3O4S/c1-6-22(24(31)27-25(2,3)4)28(16-15-19-11-8-7-9-12-19)23(30)18-29(34(5,32)33)21-14-10-13-20(26)17-21/h7-14,17,22H,6,15-16,18H2,1-5H3,(H,27,31). The van der Waals surface area contributed by atoms with Crippen LogP contribution in [0.1, 0.15) is 39.7 Å². The third-order valence-corrected chi connectivity index (χ3v) is 6.78. The first kappa shape index (κ1) is 27.9. The number of nitrogens with zero attached hydrogens (tertiary/aromatic N) is 2. The molecular formula is C25H34BrN3O4S. The third kappa shape index (κ3) is 8.43. The van der Waals surface area contributed by atoms with Gasteiger partial charge in [-0.2, -0.15) is 0 Å². The lowest BCUT2D eigenvalue weighted by molar-refractivity contribution is -0.140. The summed E-state index contributed by atoms with van der Waals surface area (Å²) in [5.74, 6) is -0.693. The fourth-order valence-electron chi connectivity index (χ4n) is 3.59. The van der Waals surface area contributed by atoms with Crippen molar-refractivity contribution in [2.45, 2.75) is 52.1 Å². The average Bonchev–Trinajstić information content (AvgIpc) is 2.73. The maximum Gasteiger partial charge on any atom is 0.244 e. The summed E-state index contributed by atoms with van der Waals surface area (Å²) in [7, 11) is -3.75. The highest BCUT2D eigenvalue weighted by Crippen LogP contribution is 2.23. The average molecular weight is 553 g/mol. The number of halogens is 1. The van der Waals surface area contributed by atoms with Crippen molar-refractivity contribution in [1.82, 2.24) is 10.2 Å². The van der Waals surface area contributed by atoms with Crippen molar-refractivity contribution < 1.29 is 18.0 Å². The second-order valence-corrected chi connectivity index (χ2v) is 12.1. The summed E-state index contributed by atoms with van der Waals surface area (Å²) in [6, 6.07) is 15.7. The smallest absolute Gasteiger partial charge is 0.244 e. The van der Waals surface area contributed by atoms with Crippen LogP contribution in [0.25, 0.3) is 0 Å². The van der Waals surface area contributed by atoms with Gasteiger partial charge in [-0.1, -0.05) is 59.3 Å². The van der Waals surface area contributed by atoms with Crippen molar-refractivity contribution in [3.05, 3.63) is 64.6 Å². The van der Waals surface area contributed by atoms with Gasteiger partial charge in [0.1, 0.15) is 12.6 Å². The van der Waals surface area contributed by atoms with Gasteiger partial charge in [-0.05, 0) is 57.4 Å². The number of carbonyl (C=O) groups excluding carboxylic acids is 2. The monoisotopic (exact) mass is 551 g/mol. The van der Waals surface area contributed by atoms with Crippen LogP contribution in [-0.2, 0) is 26.0 Å². The van der Waals surface area contributed by atoms with Crippen molar-refractivity contribution in [2.75, 3.05) is 23.7 Å². The molecule has 7 nitrogen and oxygen atoms in total. The van der Waals surface area contributed by atoms with E-state index >= 15 is 0 Å². The van der Waals surface area contributed by atoms with Gasteiger partial charge in [-0.25, -0.2) is 8.42 Å². The molecule has 0 aromatic heterocycles. The van der Waals surface area contributed by atoms with E-state index in [1.807, 2.05) is 58.0 Å². The van der Waals surface area contributed by atoms with Gasteiger partial charge in [0, 0.05) is 16.6 Å². The fraction of sp³-hybridized carbons (Fsp3) is 0.440. The summed E-state index contributed by atoms with van der Waals surface area (Å²) < 4.78 is 27.0. The molecule has 2 aromatic carbocycles. The molecule has 0 radical (unpaired) electrons. The van der Waals surface area contributed by atoms with Gasteiger partial charge in [0.2, 0.25) is 21.8 Å². The molecule has 1 atom stereocenters. The van der Waals surface area contributed by atoms with Crippen LogP contribution in [-0.4, -0.2) is 56.1 Å². The van der Waals surface area contributed by atoms with E-state index in [9.17, 15) is 18.0 Å². The van der Waals surface area contributed by atoms with Crippen LogP contribution in [0.4, 0.5) is 5.69 Å². The zero-order valence-corrected chi connectivity index (χ0v) is 22.8. The van der Waals surface area contributed by atoms with Crippen LogP contribution in [0.15, 0.2) is 59.1 Å². The second kappa shape index (κ2) is 11.8. The Hall–Kier alpha value is -2.39. The van der Waals surface area contributed by atoms with Gasteiger partial charge in [0.05, 0.1) is 11.9 Å². The number of amides is 2. The van der Waals surface area contributed by atoms with Gasteiger partial charge in [0.25, 0.3) is 0 Å². The Morgan fingerprint density at radius 2 is 1.71 bits per heavy atom. The maximum absolute atomic E-state index is 13.6. The zero-order valence-electron chi connectivity index (χ0n) is 20.4. The lowest BCUT2D eigenvalue weighted by Crippen LogP contribution is -2.56. The highest BCUT2D eigenvalue weighted by Gasteiger charge is 2.32. The highest BCUT2D eigenvalue weighted by molar-refractivity contribution is 9.10. The first-order chi connectivity index (χ1) is 15.8. The van der Waals surface area contributed by atoms with Crippen molar-refractivity contribution in [3.8, 4) is 0 Å². The van der Waals surface area contributed by atoms with E-state index < -0.39 is 34.1 Å².